The van der Waals surface area contributed by atoms with Gasteiger partial charge in [0.25, 0.3) is 5.56 Å². The zero-order valence-electron chi connectivity index (χ0n) is 20.4. The molecule has 4 rings (SSSR count). The third kappa shape index (κ3) is 5.47. The zero-order valence-corrected chi connectivity index (χ0v) is 21.2. The largest absolute Gasteiger partial charge is 0.444 e. The third-order valence-corrected chi connectivity index (χ3v) is 6.04. The maximum atomic E-state index is 13.0. The minimum Gasteiger partial charge on any atom is -0.444 e. The molecule has 1 N–H and O–H groups in total. The van der Waals surface area contributed by atoms with Crippen LogP contribution in [0.2, 0.25) is 0 Å². The van der Waals surface area contributed by atoms with Crippen molar-refractivity contribution in [3.63, 3.8) is 0 Å². The molecule has 0 aromatic carbocycles. The maximum absolute atomic E-state index is 13.0. The Balaban J connectivity index is 1.56. The molecule has 4 heterocycles. The lowest BCUT2D eigenvalue weighted by Crippen LogP contribution is -2.44. The topological polar surface area (TPSA) is 120 Å². The van der Waals surface area contributed by atoms with Gasteiger partial charge >= 0.3 is 6.09 Å². The van der Waals surface area contributed by atoms with E-state index in [1.807, 2.05) is 27.0 Å². The Kier molecular flexibility index (Phi) is 7.10. The quantitative estimate of drug-likeness (QED) is 0.310. The summed E-state index contributed by atoms with van der Waals surface area (Å²) in [5, 5.41) is 4.34. The Hall–Kier alpha value is -3.41. The number of aromatic nitrogens is 6. The predicted molar refractivity (Wildman–Crippen MR) is 135 cm³/mol. The van der Waals surface area contributed by atoms with Crippen LogP contribution in [0, 0.1) is 0 Å². The van der Waals surface area contributed by atoms with Gasteiger partial charge in [-0.2, -0.15) is 4.98 Å². The number of thioether (sulfide) groups is 1. The van der Waals surface area contributed by atoms with E-state index in [9.17, 15) is 9.59 Å². The Labute approximate surface area is 207 Å². The molecule has 0 saturated carbocycles. The number of fused-ring (bicyclic) bond motifs is 1. The molecule has 0 radical (unpaired) electrons. The average molecular weight is 499 g/mol. The van der Waals surface area contributed by atoms with Crippen LogP contribution >= 0.6 is 11.8 Å². The molecule has 11 nitrogen and oxygen atoms in total. The average Bonchev–Trinajstić information content (AvgIpc) is 3.09. The van der Waals surface area contributed by atoms with Crippen LogP contribution in [-0.2, 0) is 11.3 Å². The van der Waals surface area contributed by atoms with Gasteiger partial charge in [0.2, 0.25) is 5.95 Å². The lowest BCUT2D eigenvalue weighted by Gasteiger charge is -2.33. The Bertz CT molecular complexity index is 1290. The van der Waals surface area contributed by atoms with Crippen LogP contribution in [0.4, 0.5) is 10.7 Å². The number of amides is 1. The van der Waals surface area contributed by atoms with Crippen molar-refractivity contribution in [3.8, 4) is 5.82 Å². The minimum atomic E-state index is -0.517. The number of nitrogens with one attached hydrogen (secondary N) is 1. The first kappa shape index (κ1) is 24.7. The number of nitrogens with zero attached hydrogens (tertiary/aromatic N) is 7. The molecule has 1 saturated heterocycles. The number of ether oxygens (including phenoxy) is 1. The molecule has 3 aromatic heterocycles. The van der Waals surface area contributed by atoms with Gasteiger partial charge in [0.05, 0.1) is 6.54 Å². The SMILES string of the molecule is C=CCn1c(=O)c2cnc(SC)nc2n1-c1ccnc(NC2CCN(C(=O)OC(C)(C)C)CC2)n1. The Morgan fingerprint density at radius 2 is 2.03 bits per heavy atom. The van der Waals surface area contributed by atoms with Gasteiger partial charge in [-0.25, -0.2) is 29.1 Å². The van der Waals surface area contributed by atoms with Crippen molar-refractivity contribution in [2.45, 2.75) is 57.0 Å². The van der Waals surface area contributed by atoms with Crippen LogP contribution in [0.25, 0.3) is 16.9 Å². The summed E-state index contributed by atoms with van der Waals surface area (Å²) in [6.07, 6.45) is 7.91. The number of carbonyl (C=O) groups is 1. The van der Waals surface area contributed by atoms with Crippen molar-refractivity contribution in [1.82, 2.24) is 34.2 Å². The van der Waals surface area contributed by atoms with E-state index in [0.717, 1.165) is 12.8 Å². The van der Waals surface area contributed by atoms with Gasteiger partial charge in [-0.05, 0) is 39.9 Å². The molecule has 186 valence electrons. The maximum Gasteiger partial charge on any atom is 0.410 e. The zero-order chi connectivity index (χ0) is 25.2. The summed E-state index contributed by atoms with van der Waals surface area (Å²) in [5.41, 5.74) is -0.251. The first-order valence-corrected chi connectivity index (χ1v) is 12.6. The molecule has 0 bridgehead atoms. The van der Waals surface area contributed by atoms with E-state index in [1.54, 1.807) is 34.1 Å². The van der Waals surface area contributed by atoms with Gasteiger partial charge in [0.15, 0.2) is 16.6 Å². The molecule has 35 heavy (non-hydrogen) atoms. The standard InChI is InChI=1S/C23H30N8O3S/c1-6-11-30-19(32)16-14-25-21(35-5)28-18(16)31(30)17-7-10-24-20(27-17)26-15-8-12-29(13-9-15)22(33)34-23(2,3)4/h6-7,10,14-15H,1,8-9,11-13H2,2-5H3,(H,24,26,27). The van der Waals surface area contributed by atoms with Crippen molar-refractivity contribution in [2.75, 3.05) is 24.7 Å². The van der Waals surface area contributed by atoms with Crippen molar-refractivity contribution in [3.05, 3.63) is 41.5 Å². The molecule has 0 aliphatic carbocycles. The molecule has 0 atom stereocenters. The summed E-state index contributed by atoms with van der Waals surface area (Å²) < 4.78 is 8.68. The molecule has 0 spiro atoms. The smallest absolute Gasteiger partial charge is 0.410 e. The number of anilines is 1. The second-order valence-corrected chi connectivity index (χ2v) is 9.98. The fourth-order valence-electron chi connectivity index (χ4n) is 3.88. The number of hydrogen-bond acceptors (Lipinski definition) is 9. The molecule has 1 aliphatic heterocycles. The second kappa shape index (κ2) is 10.1. The van der Waals surface area contributed by atoms with Crippen LogP contribution in [0.5, 0.6) is 0 Å². The minimum absolute atomic E-state index is 0.103. The summed E-state index contributed by atoms with van der Waals surface area (Å²) >= 11 is 1.40. The third-order valence-electron chi connectivity index (χ3n) is 5.48. The van der Waals surface area contributed by atoms with E-state index >= 15 is 0 Å². The highest BCUT2D eigenvalue weighted by Gasteiger charge is 2.27. The van der Waals surface area contributed by atoms with Gasteiger partial charge in [0, 0.05) is 37.6 Å². The molecule has 1 amide bonds. The highest BCUT2D eigenvalue weighted by atomic mass is 32.2. The molecule has 0 unspecified atom stereocenters. The number of allylic oxidation sites excluding steroid dienone is 1. The van der Waals surface area contributed by atoms with Gasteiger partial charge in [-0.1, -0.05) is 17.8 Å². The number of piperidine rings is 1. The van der Waals surface area contributed by atoms with Crippen LogP contribution in [-0.4, -0.2) is 71.3 Å². The summed E-state index contributed by atoms with van der Waals surface area (Å²) in [6.45, 7) is 10.8. The van der Waals surface area contributed by atoms with E-state index in [1.165, 1.54) is 16.4 Å². The van der Waals surface area contributed by atoms with E-state index < -0.39 is 5.60 Å². The highest BCUT2D eigenvalue weighted by Crippen LogP contribution is 2.20. The molecular formula is C23H30N8O3S. The first-order chi connectivity index (χ1) is 16.7. The molecular weight excluding hydrogens is 468 g/mol. The summed E-state index contributed by atoms with van der Waals surface area (Å²) in [7, 11) is 0. The van der Waals surface area contributed by atoms with Crippen molar-refractivity contribution < 1.29 is 9.53 Å². The number of rotatable bonds is 6. The normalized spacial score (nSPS) is 14.8. The second-order valence-electron chi connectivity index (χ2n) is 9.21. The fourth-order valence-corrected chi connectivity index (χ4v) is 4.22. The van der Waals surface area contributed by atoms with Crippen LogP contribution in [0.3, 0.4) is 0 Å². The van der Waals surface area contributed by atoms with Gasteiger partial charge in [-0.15, -0.1) is 6.58 Å². The lowest BCUT2D eigenvalue weighted by atomic mass is 10.1. The summed E-state index contributed by atoms with van der Waals surface area (Å²) in [4.78, 5) is 44.9. The number of likely N-dealkylation sites (tertiary alicyclic amines) is 1. The Morgan fingerprint density at radius 1 is 1.29 bits per heavy atom. The van der Waals surface area contributed by atoms with E-state index in [4.69, 9.17) is 4.74 Å². The lowest BCUT2D eigenvalue weighted by molar-refractivity contribution is 0.0210. The Morgan fingerprint density at radius 3 is 2.69 bits per heavy atom. The fraction of sp³-hybridized carbons (Fsp3) is 0.478. The monoisotopic (exact) mass is 498 g/mol. The molecule has 1 aliphatic rings. The molecule has 12 heteroatoms. The number of carbonyl (C=O) groups excluding carboxylic acids is 1. The highest BCUT2D eigenvalue weighted by molar-refractivity contribution is 7.98. The van der Waals surface area contributed by atoms with Crippen molar-refractivity contribution in [1.29, 1.82) is 0 Å². The molecule has 1 fully saturated rings. The summed E-state index contributed by atoms with van der Waals surface area (Å²) in [6, 6.07) is 1.83. The van der Waals surface area contributed by atoms with Crippen LogP contribution < -0.4 is 10.9 Å². The van der Waals surface area contributed by atoms with Crippen molar-refractivity contribution in [2.24, 2.45) is 0 Å². The summed E-state index contributed by atoms with van der Waals surface area (Å²) in [5.74, 6) is 0.949. The van der Waals surface area contributed by atoms with E-state index in [-0.39, 0.29) is 17.7 Å². The number of hydrogen-bond donors (Lipinski definition) is 1. The molecule has 3 aromatic rings. The van der Waals surface area contributed by atoms with Crippen LogP contribution in [0.1, 0.15) is 33.6 Å². The van der Waals surface area contributed by atoms with Crippen LogP contribution in [0.15, 0.2) is 41.1 Å². The van der Waals surface area contributed by atoms with E-state index in [2.05, 4.69) is 31.8 Å². The van der Waals surface area contributed by atoms with Gasteiger partial charge < -0.3 is 15.0 Å². The van der Waals surface area contributed by atoms with Gasteiger partial charge in [-0.3, -0.25) is 4.79 Å². The van der Waals surface area contributed by atoms with Gasteiger partial charge in [0.1, 0.15) is 11.0 Å². The van der Waals surface area contributed by atoms with E-state index in [0.29, 0.717) is 47.6 Å². The predicted octanol–water partition coefficient (Wildman–Crippen LogP) is 3.09. The first-order valence-electron chi connectivity index (χ1n) is 11.4. The van der Waals surface area contributed by atoms with Crippen molar-refractivity contribution >= 4 is 34.8 Å².